The summed E-state index contributed by atoms with van der Waals surface area (Å²) >= 11 is 1.48. The zero-order valence-corrected chi connectivity index (χ0v) is 14.1. The molecule has 3 aromatic rings. The molecule has 1 unspecified atom stereocenters. The number of fused-ring (bicyclic) bond motifs is 1. The van der Waals surface area contributed by atoms with E-state index in [1.165, 1.54) is 11.3 Å². The number of aliphatic carboxylic acids is 1. The summed E-state index contributed by atoms with van der Waals surface area (Å²) in [5, 5.41) is 12.1. The van der Waals surface area contributed by atoms with E-state index >= 15 is 0 Å². The first-order valence-electron chi connectivity index (χ1n) is 7.44. The first kappa shape index (κ1) is 16.2. The average molecular weight is 340 g/mol. The van der Waals surface area contributed by atoms with Crippen LogP contribution in [0.25, 0.3) is 10.1 Å². The molecule has 24 heavy (non-hydrogen) atoms. The van der Waals surface area contributed by atoms with Crippen LogP contribution in [0.5, 0.6) is 5.75 Å². The number of benzene rings is 2. The van der Waals surface area contributed by atoms with Crippen LogP contribution >= 0.6 is 11.3 Å². The van der Waals surface area contributed by atoms with E-state index < -0.39 is 11.9 Å². The molecule has 0 aliphatic rings. The second-order valence-corrected chi connectivity index (χ2v) is 6.44. The molecule has 3 rings (SSSR count). The minimum absolute atomic E-state index is 0.121. The van der Waals surface area contributed by atoms with Gasteiger partial charge in [-0.3, -0.25) is 9.59 Å². The number of carboxylic acid groups (broad SMARTS) is 1. The Morgan fingerprint density at radius 1 is 1.12 bits per heavy atom. The van der Waals surface area contributed by atoms with Gasteiger partial charge in [0.25, 0.3) is 0 Å². The van der Waals surface area contributed by atoms with Crippen molar-refractivity contribution in [2.75, 3.05) is 7.11 Å². The molecule has 0 aliphatic carbocycles. The van der Waals surface area contributed by atoms with Crippen molar-refractivity contribution in [3.63, 3.8) is 0 Å². The minimum atomic E-state index is -0.910. The molecule has 1 N–H and O–H groups in total. The Balaban J connectivity index is 2.11. The lowest BCUT2D eigenvalue weighted by atomic mass is 9.94. The van der Waals surface area contributed by atoms with Crippen LogP contribution in [0.4, 0.5) is 0 Å². The van der Waals surface area contributed by atoms with Crippen molar-refractivity contribution in [1.82, 2.24) is 0 Å². The minimum Gasteiger partial charge on any atom is -0.497 e. The zero-order chi connectivity index (χ0) is 17.3. The summed E-state index contributed by atoms with van der Waals surface area (Å²) < 4.78 is 5.99. The summed E-state index contributed by atoms with van der Waals surface area (Å²) in [6.45, 7) is 1.62. The molecule has 0 fully saturated rings. The molecule has 1 heterocycles. The number of ketones is 1. The molecule has 122 valence electrons. The Hall–Kier alpha value is -2.66. The molecule has 5 heteroatoms. The van der Waals surface area contributed by atoms with Crippen LogP contribution in [-0.4, -0.2) is 24.0 Å². The molecule has 0 radical (unpaired) electrons. The van der Waals surface area contributed by atoms with Crippen molar-refractivity contribution in [3.05, 3.63) is 64.5 Å². The Labute approximate surface area is 143 Å². The number of thiophene rings is 1. The summed E-state index contributed by atoms with van der Waals surface area (Å²) in [5.74, 6) is -1.02. The fraction of sp³-hybridized carbons (Fsp3) is 0.158. The normalized spacial score (nSPS) is 12.1. The summed E-state index contributed by atoms with van der Waals surface area (Å²) in [6.07, 6.45) is 0. The third-order valence-corrected chi connectivity index (χ3v) is 5.00. The van der Waals surface area contributed by atoms with Crippen LogP contribution in [0, 0.1) is 0 Å². The molecule has 0 spiro atoms. The fourth-order valence-electron chi connectivity index (χ4n) is 2.56. The first-order valence-corrected chi connectivity index (χ1v) is 8.32. The van der Waals surface area contributed by atoms with Crippen LogP contribution in [-0.2, 0) is 4.79 Å². The van der Waals surface area contributed by atoms with E-state index in [0.29, 0.717) is 22.4 Å². The van der Waals surface area contributed by atoms with Crippen molar-refractivity contribution < 1.29 is 19.4 Å². The Kier molecular flexibility index (Phi) is 4.36. The van der Waals surface area contributed by atoms with E-state index in [0.717, 1.165) is 10.1 Å². The largest absolute Gasteiger partial charge is 0.497 e. The van der Waals surface area contributed by atoms with E-state index in [4.69, 9.17) is 4.74 Å². The molecular formula is C19H16O4S. The highest BCUT2D eigenvalue weighted by atomic mass is 32.1. The SMILES string of the molecule is COc1ccc(C(=O)c2cc(C(C)C(=O)O)cc3ccsc23)cc1. The number of ether oxygens (including phenoxy) is 1. The summed E-state index contributed by atoms with van der Waals surface area (Å²) in [5.41, 5.74) is 1.71. The molecule has 4 nitrogen and oxygen atoms in total. The average Bonchev–Trinajstić information content (AvgIpc) is 3.08. The molecule has 1 aromatic heterocycles. The molecule has 1 atom stereocenters. The quantitative estimate of drug-likeness (QED) is 0.702. The maximum absolute atomic E-state index is 12.9. The van der Waals surface area contributed by atoms with Gasteiger partial charge in [0.05, 0.1) is 13.0 Å². The van der Waals surface area contributed by atoms with Crippen molar-refractivity contribution in [2.24, 2.45) is 0 Å². The van der Waals surface area contributed by atoms with Crippen molar-refractivity contribution in [3.8, 4) is 5.75 Å². The maximum Gasteiger partial charge on any atom is 0.310 e. The van der Waals surface area contributed by atoms with Gasteiger partial charge in [-0.2, -0.15) is 0 Å². The topological polar surface area (TPSA) is 63.6 Å². The van der Waals surface area contributed by atoms with Crippen LogP contribution in [0.3, 0.4) is 0 Å². The highest BCUT2D eigenvalue weighted by molar-refractivity contribution is 7.17. The van der Waals surface area contributed by atoms with E-state index in [9.17, 15) is 14.7 Å². The lowest BCUT2D eigenvalue weighted by Crippen LogP contribution is -2.09. The summed E-state index contributed by atoms with van der Waals surface area (Å²) in [4.78, 5) is 24.2. The number of hydrogen-bond acceptors (Lipinski definition) is 4. The van der Waals surface area contributed by atoms with Crippen molar-refractivity contribution >= 4 is 33.2 Å². The zero-order valence-electron chi connectivity index (χ0n) is 13.3. The number of carbonyl (C=O) groups is 2. The Morgan fingerprint density at radius 3 is 2.46 bits per heavy atom. The summed E-state index contributed by atoms with van der Waals surface area (Å²) in [7, 11) is 1.57. The Bertz CT molecular complexity index is 909. The summed E-state index contributed by atoms with van der Waals surface area (Å²) in [6, 6.07) is 12.4. The molecular weight excluding hydrogens is 324 g/mol. The van der Waals surface area contributed by atoms with E-state index in [-0.39, 0.29) is 5.78 Å². The second-order valence-electron chi connectivity index (χ2n) is 5.52. The number of carboxylic acids is 1. The van der Waals surface area contributed by atoms with Crippen LogP contribution in [0.2, 0.25) is 0 Å². The second kappa shape index (κ2) is 6.45. The van der Waals surface area contributed by atoms with Gasteiger partial charge in [0.15, 0.2) is 5.78 Å². The van der Waals surface area contributed by atoms with E-state index in [2.05, 4.69) is 0 Å². The predicted octanol–water partition coefficient (Wildman–Crippen LogP) is 4.33. The lowest BCUT2D eigenvalue weighted by molar-refractivity contribution is -0.138. The molecule has 2 aromatic carbocycles. The third-order valence-electron chi connectivity index (χ3n) is 4.04. The molecule has 0 bridgehead atoms. The van der Waals surface area contributed by atoms with Gasteiger partial charge in [-0.05, 0) is 65.7 Å². The van der Waals surface area contributed by atoms with Gasteiger partial charge < -0.3 is 9.84 Å². The maximum atomic E-state index is 12.9. The monoisotopic (exact) mass is 340 g/mol. The third kappa shape index (κ3) is 2.90. The van der Waals surface area contributed by atoms with Gasteiger partial charge in [0.1, 0.15) is 5.75 Å². The number of hydrogen-bond donors (Lipinski definition) is 1. The van der Waals surface area contributed by atoms with Crippen LogP contribution < -0.4 is 4.74 Å². The fourth-order valence-corrected chi connectivity index (χ4v) is 3.46. The van der Waals surface area contributed by atoms with Crippen LogP contribution in [0.1, 0.15) is 34.3 Å². The highest BCUT2D eigenvalue weighted by Crippen LogP contribution is 2.31. The van der Waals surface area contributed by atoms with Gasteiger partial charge in [-0.15, -0.1) is 11.3 Å². The Morgan fingerprint density at radius 2 is 1.83 bits per heavy atom. The lowest BCUT2D eigenvalue weighted by Gasteiger charge is -2.11. The van der Waals surface area contributed by atoms with Gasteiger partial charge in [-0.25, -0.2) is 0 Å². The van der Waals surface area contributed by atoms with Gasteiger partial charge in [0, 0.05) is 15.8 Å². The molecule has 0 amide bonds. The van der Waals surface area contributed by atoms with Crippen LogP contribution in [0.15, 0.2) is 47.8 Å². The van der Waals surface area contributed by atoms with E-state index in [1.54, 1.807) is 44.4 Å². The smallest absolute Gasteiger partial charge is 0.310 e. The van der Waals surface area contributed by atoms with Gasteiger partial charge >= 0.3 is 5.97 Å². The first-order chi connectivity index (χ1) is 11.5. The molecule has 0 saturated heterocycles. The van der Waals surface area contributed by atoms with Crippen molar-refractivity contribution in [2.45, 2.75) is 12.8 Å². The highest BCUT2D eigenvalue weighted by Gasteiger charge is 2.20. The molecule has 0 aliphatic heterocycles. The molecule has 0 saturated carbocycles. The predicted molar refractivity (Wildman–Crippen MR) is 94.3 cm³/mol. The van der Waals surface area contributed by atoms with Gasteiger partial charge in [-0.1, -0.05) is 0 Å². The van der Waals surface area contributed by atoms with Crippen molar-refractivity contribution in [1.29, 1.82) is 0 Å². The standard InChI is InChI=1S/C19H16O4S/c1-11(19(21)22)14-9-13-7-8-24-18(13)16(10-14)17(20)12-3-5-15(23-2)6-4-12/h3-11H,1-2H3,(H,21,22). The number of methoxy groups -OCH3 is 1. The number of rotatable bonds is 5. The van der Waals surface area contributed by atoms with E-state index in [1.807, 2.05) is 17.5 Å². The number of carbonyl (C=O) groups excluding carboxylic acids is 1. The van der Waals surface area contributed by atoms with Gasteiger partial charge in [0.2, 0.25) is 0 Å².